The van der Waals surface area contributed by atoms with E-state index in [0.717, 1.165) is 5.56 Å². The maximum atomic E-state index is 12.5. The molecule has 0 spiro atoms. The lowest BCUT2D eigenvalue weighted by Gasteiger charge is -2.16. The Kier molecular flexibility index (Phi) is 4.12. The van der Waals surface area contributed by atoms with E-state index in [1.807, 2.05) is 0 Å². The number of alkyl halides is 4. The normalized spacial score (nSPS) is 11.9. The molecular formula is C10H11F4NO. The lowest BCUT2D eigenvalue weighted by molar-refractivity contribution is -0.253. The van der Waals surface area contributed by atoms with Crippen LogP contribution in [0.15, 0.2) is 24.3 Å². The summed E-state index contributed by atoms with van der Waals surface area (Å²) in [6.45, 7) is 0.424. The molecule has 0 atom stereocenters. The Morgan fingerprint density at radius 1 is 1.19 bits per heavy atom. The fourth-order valence-electron chi connectivity index (χ4n) is 1.09. The minimum absolute atomic E-state index is 0.300. The Bertz CT molecular complexity index is 326. The molecule has 90 valence electrons. The van der Waals surface area contributed by atoms with Gasteiger partial charge in [-0.05, 0) is 30.7 Å². The highest BCUT2D eigenvalue weighted by molar-refractivity contribution is 5.27. The summed E-state index contributed by atoms with van der Waals surface area (Å²) < 4.78 is 52.5. The average molecular weight is 237 g/mol. The van der Waals surface area contributed by atoms with Crippen molar-refractivity contribution in [2.45, 2.75) is 19.0 Å². The topological polar surface area (TPSA) is 35.2 Å². The second-order valence-corrected chi connectivity index (χ2v) is 3.15. The second kappa shape index (κ2) is 5.16. The predicted molar refractivity (Wildman–Crippen MR) is 50.8 cm³/mol. The minimum atomic E-state index is -4.46. The minimum Gasteiger partial charge on any atom is -0.428 e. The van der Waals surface area contributed by atoms with Gasteiger partial charge in [0.15, 0.2) is 0 Å². The molecule has 0 aromatic heterocycles. The van der Waals surface area contributed by atoms with Gasteiger partial charge < -0.3 is 10.5 Å². The number of nitrogens with two attached hydrogens (primary N) is 1. The third-order valence-electron chi connectivity index (χ3n) is 1.86. The molecule has 0 bridgehead atoms. The molecule has 0 aliphatic heterocycles. The molecule has 0 heterocycles. The highest BCUT2D eigenvalue weighted by Crippen LogP contribution is 2.27. The molecule has 0 saturated carbocycles. The van der Waals surface area contributed by atoms with E-state index >= 15 is 0 Å². The van der Waals surface area contributed by atoms with Crippen LogP contribution in [0.5, 0.6) is 5.75 Å². The van der Waals surface area contributed by atoms with Crippen molar-refractivity contribution < 1.29 is 22.3 Å². The van der Waals surface area contributed by atoms with Crippen LogP contribution in [0.1, 0.15) is 5.56 Å². The summed E-state index contributed by atoms with van der Waals surface area (Å²) in [7, 11) is 0. The van der Waals surface area contributed by atoms with E-state index in [1.165, 1.54) is 24.3 Å². The van der Waals surface area contributed by atoms with Crippen LogP contribution in [0, 0.1) is 0 Å². The monoisotopic (exact) mass is 237 g/mol. The van der Waals surface area contributed by atoms with E-state index in [9.17, 15) is 17.6 Å². The van der Waals surface area contributed by atoms with E-state index in [-0.39, 0.29) is 5.75 Å². The van der Waals surface area contributed by atoms with Crippen molar-refractivity contribution in [2.24, 2.45) is 5.73 Å². The summed E-state index contributed by atoms with van der Waals surface area (Å²) in [6.07, 6.45) is -7.72. The van der Waals surface area contributed by atoms with Crippen molar-refractivity contribution in [1.82, 2.24) is 0 Å². The highest BCUT2D eigenvalue weighted by atomic mass is 19.3. The average Bonchev–Trinajstić information content (AvgIpc) is 2.21. The molecule has 0 fully saturated rings. The number of benzene rings is 1. The highest BCUT2D eigenvalue weighted by Gasteiger charge is 2.43. The molecule has 1 rings (SSSR count). The molecule has 0 saturated heterocycles. The lowest BCUT2D eigenvalue weighted by atomic mass is 10.1. The molecule has 0 unspecified atom stereocenters. The molecular weight excluding hydrogens is 226 g/mol. The van der Waals surface area contributed by atoms with Gasteiger partial charge >= 0.3 is 12.5 Å². The first-order chi connectivity index (χ1) is 7.45. The Morgan fingerprint density at radius 3 is 2.19 bits per heavy atom. The van der Waals surface area contributed by atoms with E-state index in [4.69, 9.17) is 5.73 Å². The van der Waals surface area contributed by atoms with Gasteiger partial charge in [-0.1, -0.05) is 12.1 Å². The number of hydrogen-bond acceptors (Lipinski definition) is 2. The first kappa shape index (κ1) is 12.8. The summed E-state index contributed by atoms with van der Waals surface area (Å²) >= 11 is 0. The summed E-state index contributed by atoms with van der Waals surface area (Å²) in [5.41, 5.74) is 6.12. The Hall–Kier alpha value is -1.30. The number of ether oxygens (including phenoxy) is 1. The molecule has 0 aliphatic rings. The van der Waals surface area contributed by atoms with Crippen LogP contribution >= 0.6 is 0 Å². The summed E-state index contributed by atoms with van der Waals surface area (Å²) in [6, 6.07) is 5.43. The first-order valence-corrected chi connectivity index (χ1v) is 4.59. The molecule has 1 aromatic rings. The van der Waals surface area contributed by atoms with Gasteiger partial charge in [0.1, 0.15) is 5.75 Å². The summed E-state index contributed by atoms with van der Waals surface area (Å²) in [5, 5.41) is 0. The van der Waals surface area contributed by atoms with Crippen LogP contribution in [0.3, 0.4) is 0 Å². The Labute approximate surface area is 90.0 Å². The van der Waals surface area contributed by atoms with E-state index < -0.39 is 12.5 Å². The van der Waals surface area contributed by atoms with Crippen LogP contribution < -0.4 is 10.5 Å². The fourth-order valence-corrected chi connectivity index (χ4v) is 1.09. The van der Waals surface area contributed by atoms with Crippen LogP contribution in [-0.2, 0) is 6.42 Å². The molecule has 0 amide bonds. The summed E-state index contributed by atoms with van der Waals surface area (Å²) in [4.78, 5) is 0. The number of halogens is 4. The van der Waals surface area contributed by atoms with Gasteiger partial charge in [-0.3, -0.25) is 0 Å². The maximum absolute atomic E-state index is 12.5. The first-order valence-electron chi connectivity index (χ1n) is 4.59. The van der Waals surface area contributed by atoms with Crippen molar-refractivity contribution in [3.63, 3.8) is 0 Å². The van der Waals surface area contributed by atoms with Crippen molar-refractivity contribution in [1.29, 1.82) is 0 Å². The molecule has 1 aromatic carbocycles. The van der Waals surface area contributed by atoms with Crippen LogP contribution in [-0.4, -0.2) is 19.1 Å². The van der Waals surface area contributed by atoms with Crippen LogP contribution in [0.2, 0.25) is 0 Å². The fraction of sp³-hybridized carbons (Fsp3) is 0.400. The SMILES string of the molecule is NCCc1ccc(OC(F)(F)C(F)F)cc1. The standard InChI is InChI=1S/C10H11F4NO/c11-9(12)10(13,14)16-8-3-1-7(2-4-8)5-6-15/h1-4,9H,5-6,15H2. The molecule has 6 heteroatoms. The molecule has 16 heavy (non-hydrogen) atoms. The Morgan fingerprint density at radius 2 is 1.75 bits per heavy atom. The zero-order valence-corrected chi connectivity index (χ0v) is 8.30. The molecule has 0 aliphatic carbocycles. The van der Waals surface area contributed by atoms with Crippen molar-refractivity contribution >= 4 is 0 Å². The van der Waals surface area contributed by atoms with Gasteiger partial charge in [-0.2, -0.15) is 17.6 Å². The predicted octanol–water partition coefficient (Wildman–Crippen LogP) is 2.42. The van der Waals surface area contributed by atoms with E-state index in [0.29, 0.717) is 13.0 Å². The van der Waals surface area contributed by atoms with E-state index in [1.54, 1.807) is 0 Å². The quantitative estimate of drug-likeness (QED) is 0.798. The number of hydrogen-bond donors (Lipinski definition) is 1. The smallest absolute Gasteiger partial charge is 0.428 e. The van der Waals surface area contributed by atoms with E-state index in [2.05, 4.69) is 4.74 Å². The zero-order chi connectivity index (χ0) is 12.2. The largest absolute Gasteiger partial charge is 0.461 e. The molecule has 2 N–H and O–H groups in total. The van der Waals surface area contributed by atoms with Crippen LogP contribution in [0.25, 0.3) is 0 Å². The zero-order valence-electron chi connectivity index (χ0n) is 8.30. The molecule has 0 radical (unpaired) electrons. The van der Waals surface area contributed by atoms with Crippen molar-refractivity contribution in [3.05, 3.63) is 29.8 Å². The maximum Gasteiger partial charge on any atom is 0.461 e. The van der Waals surface area contributed by atoms with Gasteiger partial charge in [-0.15, -0.1) is 0 Å². The third-order valence-corrected chi connectivity index (χ3v) is 1.86. The summed E-state index contributed by atoms with van der Waals surface area (Å²) in [5.74, 6) is -0.300. The third kappa shape index (κ3) is 3.37. The van der Waals surface area contributed by atoms with Crippen LogP contribution in [0.4, 0.5) is 17.6 Å². The number of rotatable bonds is 5. The van der Waals surface area contributed by atoms with Crippen molar-refractivity contribution in [2.75, 3.05) is 6.54 Å². The Balaban J connectivity index is 2.68. The van der Waals surface area contributed by atoms with Gasteiger partial charge in [0.2, 0.25) is 0 Å². The van der Waals surface area contributed by atoms with Gasteiger partial charge in [0.05, 0.1) is 0 Å². The van der Waals surface area contributed by atoms with Gasteiger partial charge in [-0.25, -0.2) is 0 Å². The van der Waals surface area contributed by atoms with Gasteiger partial charge in [0.25, 0.3) is 0 Å². The second-order valence-electron chi connectivity index (χ2n) is 3.15. The molecule has 2 nitrogen and oxygen atoms in total. The van der Waals surface area contributed by atoms with Crippen molar-refractivity contribution in [3.8, 4) is 5.75 Å². The van der Waals surface area contributed by atoms with Gasteiger partial charge in [0, 0.05) is 0 Å². The lowest BCUT2D eigenvalue weighted by Crippen LogP contribution is -2.33.